The average Bonchev–Trinajstić information content (AvgIpc) is 3.17. The third-order valence-corrected chi connectivity index (χ3v) is 7.36. The summed E-state index contributed by atoms with van der Waals surface area (Å²) in [5.74, 6) is -1.16. The zero-order chi connectivity index (χ0) is 18.6. The molecule has 0 aromatic rings. The van der Waals surface area contributed by atoms with E-state index in [9.17, 15) is 36.2 Å². The first-order chi connectivity index (χ1) is 10.7. The van der Waals surface area contributed by atoms with Gasteiger partial charge in [0.25, 0.3) is 0 Å². The van der Waals surface area contributed by atoms with Gasteiger partial charge in [-0.2, -0.15) is 0 Å². The van der Waals surface area contributed by atoms with E-state index in [-0.39, 0.29) is 16.9 Å². The Hall–Kier alpha value is -0.300. The fourth-order valence-corrected chi connectivity index (χ4v) is 4.87. The zero-order valence-electron chi connectivity index (χ0n) is 12.8. The summed E-state index contributed by atoms with van der Waals surface area (Å²) in [7, 11) is 0. The summed E-state index contributed by atoms with van der Waals surface area (Å²) in [6.45, 7) is 2.81. The number of rotatable bonds is 4. The number of ether oxygens (including phenoxy) is 1. The number of halogens is 7. The van der Waals surface area contributed by atoms with Gasteiger partial charge in [0.15, 0.2) is 0 Å². The average molecular weight is 476 g/mol. The molecule has 0 aromatic carbocycles. The van der Waals surface area contributed by atoms with E-state index in [2.05, 4.69) is 3.53 Å². The fourth-order valence-electron chi connectivity index (χ4n) is 2.88. The molecule has 1 unspecified atom stereocenters. The van der Waals surface area contributed by atoms with Crippen molar-refractivity contribution < 1.29 is 62.5 Å². The predicted octanol–water partition coefficient (Wildman–Crippen LogP) is -0.342. The summed E-state index contributed by atoms with van der Waals surface area (Å²) in [6, 6.07) is 0. The number of carbonyl (C=O) groups is 1. The number of hydrogen-bond acceptors (Lipinski definition) is 4. The molecule has 0 bridgehead atoms. The summed E-state index contributed by atoms with van der Waals surface area (Å²) < 4.78 is 86.9. The van der Waals surface area contributed by atoms with Gasteiger partial charge in [-0.25, -0.2) is 0 Å². The third kappa shape index (κ3) is 3.00. The molecule has 142 valence electrons. The number of hydrogen-bond donors (Lipinski definition) is 2. The molecule has 1 aliphatic heterocycles. The first-order valence-electron chi connectivity index (χ1n) is 7.16. The van der Waals surface area contributed by atoms with Crippen LogP contribution < -0.4 is 25.0 Å². The quantitative estimate of drug-likeness (QED) is 0.111. The van der Waals surface area contributed by atoms with Crippen molar-refractivity contribution in [1.82, 2.24) is 3.53 Å². The van der Waals surface area contributed by atoms with Gasteiger partial charge in [-0.15, -0.1) is 0 Å². The minimum atomic E-state index is -6.02. The molecule has 4 nitrogen and oxygen atoms in total. The molecule has 1 atom stereocenters. The summed E-state index contributed by atoms with van der Waals surface area (Å²) in [5, 5.41) is 9.77. The number of alkyl halides is 7. The second kappa shape index (κ2) is 5.86. The SMILES string of the molecule is CC(C)(C(=O)OC1(C(O)(C(F)(F)F)C(F)(F)F)CCCC1)C1N[I-]1. The molecule has 2 N–H and O–H groups in total. The first-order valence-corrected chi connectivity index (χ1v) is 9.49. The topological polar surface area (TPSA) is 68.5 Å². The van der Waals surface area contributed by atoms with Gasteiger partial charge in [0, 0.05) is 0 Å². The normalized spacial score (nSPS) is 25.1. The molecule has 0 aromatic heterocycles. The minimum absolute atomic E-state index is 0.00319. The van der Waals surface area contributed by atoms with Crippen LogP contribution >= 0.6 is 0 Å². The van der Waals surface area contributed by atoms with E-state index in [0.717, 1.165) is 0 Å². The van der Waals surface area contributed by atoms with E-state index in [4.69, 9.17) is 4.74 Å². The van der Waals surface area contributed by atoms with Gasteiger partial charge in [-0.05, 0) is 0 Å². The molecule has 0 radical (unpaired) electrons. The van der Waals surface area contributed by atoms with E-state index in [0.29, 0.717) is 0 Å². The van der Waals surface area contributed by atoms with Crippen molar-refractivity contribution in [2.45, 2.75) is 67.1 Å². The summed E-state index contributed by atoms with van der Waals surface area (Å²) in [5.41, 5.74) is -9.40. The van der Waals surface area contributed by atoms with Gasteiger partial charge < -0.3 is 0 Å². The van der Waals surface area contributed by atoms with Crippen molar-refractivity contribution >= 4 is 5.97 Å². The predicted molar refractivity (Wildman–Crippen MR) is 65.1 cm³/mol. The van der Waals surface area contributed by atoms with E-state index in [1.165, 1.54) is 13.8 Å². The van der Waals surface area contributed by atoms with Gasteiger partial charge in [0.05, 0.1) is 0 Å². The number of aliphatic hydroxyl groups is 1. The molecule has 1 heterocycles. The van der Waals surface area contributed by atoms with Crippen LogP contribution in [0, 0.1) is 5.41 Å². The maximum atomic E-state index is 13.2. The second-order valence-electron chi connectivity index (χ2n) is 6.60. The maximum absolute atomic E-state index is 13.2. The van der Waals surface area contributed by atoms with Crippen LogP contribution in [0.3, 0.4) is 0 Å². The molecular weight excluding hydrogens is 459 g/mol. The molecule has 1 saturated heterocycles. The van der Waals surface area contributed by atoms with Gasteiger partial charge in [-0.1, -0.05) is 0 Å². The Balaban J connectivity index is 2.44. The molecule has 1 aliphatic carbocycles. The van der Waals surface area contributed by atoms with E-state index < -0.39 is 69.3 Å². The van der Waals surface area contributed by atoms with Gasteiger partial charge >= 0.3 is 145 Å². The van der Waals surface area contributed by atoms with Crippen molar-refractivity contribution in [3.05, 3.63) is 0 Å². The summed E-state index contributed by atoms with van der Waals surface area (Å²) >= 11 is -0.518. The van der Waals surface area contributed by atoms with E-state index in [1.54, 1.807) is 0 Å². The molecule has 0 spiro atoms. The van der Waals surface area contributed by atoms with Crippen LogP contribution in [-0.2, 0) is 9.53 Å². The molecule has 0 amide bonds. The van der Waals surface area contributed by atoms with Crippen molar-refractivity contribution in [1.29, 1.82) is 0 Å². The molecule has 2 aliphatic rings. The molecule has 2 fully saturated rings. The Morgan fingerprint density at radius 3 is 1.88 bits per heavy atom. The molecular formula is C13H17F6INO3-. The number of esters is 1. The van der Waals surface area contributed by atoms with Gasteiger partial charge in [-0.3, -0.25) is 0 Å². The van der Waals surface area contributed by atoms with Crippen molar-refractivity contribution in [3.8, 4) is 0 Å². The monoisotopic (exact) mass is 476 g/mol. The van der Waals surface area contributed by atoms with Gasteiger partial charge in [0.2, 0.25) is 0 Å². The molecule has 2 rings (SSSR count). The second-order valence-corrected chi connectivity index (χ2v) is 9.09. The van der Waals surface area contributed by atoms with E-state index >= 15 is 0 Å². The molecule has 1 saturated carbocycles. The van der Waals surface area contributed by atoms with Crippen molar-refractivity contribution in [2.24, 2.45) is 5.41 Å². The molecule has 11 heteroatoms. The van der Waals surface area contributed by atoms with Crippen molar-refractivity contribution in [3.63, 3.8) is 0 Å². The van der Waals surface area contributed by atoms with Crippen LogP contribution in [0.25, 0.3) is 0 Å². The summed E-state index contributed by atoms with van der Waals surface area (Å²) in [6.07, 6.45) is -13.4. The molecule has 24 heavy (non-hydrogen) atoms. The van der Waals surface area contributed by atoms with Crippen LogP contribution in [0.1, 0.15) is 39.5 Å². The Labute approximate surface area is 144 Å². The number of nitrogens with one attached hydrogen (secondary N) is 1. The Morgan fingerprint density at radius 2 is 1.54 bits per heavy atom. The first kappa shape index (κ1) is 20.0. The zero-order valence-corrected chi connectivity index (χ0v) is 15.0. The van der Waals surface area contributed by atoms with Crippen LogP contribution in [0.2, 0.25) is 0 Å². The van der Waals surface area contributed by atoms with Crippen LogP contribution in [-0.4, -0.2) is 38.7 Å². The van der Waals surface area contributed by atoms with Crippen molar-refractivity contribution in [2.75, 3.05) is 0 Å². The third-order valence-electron chi connectivity index (χ3n) is 4.56. The van der Waals surface area contributed by atoms with Crippen LogP contribution in [0.5, 0.6) is 0 Å². The standard InChI is InChI=1S/C13H17F6INO3/c1-9(2,7-20-21-7)8(22)24-10(5-3-4-6-10)11(23,12(14,15)16)13(17,18)19/h7,21,23H,3-6H2,1-2H3/q-1. The summed E-state index contributed by atoms with van der Waals surface area (Å²) in [4.78, 5) is 12.3. The van der Waals surface area contributed by atoms with Crippen LogP contribution in [0.15, 0.2) is 0 Å². The van der Waals surface area contributed by atoms with Gasteiger partial charge in [0.1, 0.15) is 0 Å². The Bertz CT molecular complexity index is 495. The number of carbonyl (C=O) groups excluding carboxylic acids is 1. The Morgan fingerprint density at radius 1 is 1.12 bits per heavy atom. The van der Waals surface area contributed by atoms with Crippen LogP contribution in [0.4, 0.5) is 26.3 Å². The Kier molecular flexibility index (Phi) is 4.89. The fraction of sp³-hybridized carbons (Fsp3) is 0.923. The van der Waals surface area contributed by atoms with E-state index in [1.807, 2.05) is 0 Å².